The first-order valence-corrected chi connectivity index (χ1v) is 13.4. The number of hydrogen-bond donors (Lipinski definition) is 0. The van der Waals surface area contributed by atoms with Crippen molar-refractivity contribution in [1.29, 1.82) is 0 Å². The summed E-state index contributed by atoms with van der Waals surface area (Å²) in [5.74, 6) is 1.03. The van der Waals surface area contributed by atoms with Gasteiger partial charge in [-0.05, 0) is 75.0 Å². The number of nitrogens with zero attached hydrogens (tertiary/aromatic N) is 2. The number of rotatable bonds is 2. The molecule has 3 heteroatoms. The summed E-state index contributed by atoms with van der Waals surface area (Å²) < 4.78 is 2.31. The molecule has 1 aromatic heterocycles. The average Bonchev–Trinajstić information content (AvgIpc) is 3.29. The average molecular weight is 491 g/mol. The van der Waals surface area contributed by atoms with Crippen LogP contribution in [-0.4, -0.2) is 9.55 Å². The van der Waals surface area contributed by atoms with Gasteiger partial charge in [-0.3, -0.25) is 4.57 Å². The molecular formula is C34H22N2S. The Labute approximate surface area is 219 Å². The van der Waals surface area contributed by atoms with Gasteiger partial charge >= 0.3 is 0 Å². The molecule has 0 spiro atoms. The van der Waals surface area contributed by atoms with Gasteiger partial charge in [0.1, 0.15) is 5.82 Å². The summed E-state index contributed by atoms with van der Waals surface area (Å²) >= 11 is 1.85. The Morgan fingerprint density at radius 3 is 1.86 bits per heavy atom. The van der Waals surface area contributed by atoms with Crippen LogP contribution in [0.15, 0.2) is 125 Å². The lowest BCUT2D eigenvalue weighted by Crippen LogP contribution is -2.03. The van der Waals surface area contributed by atoms with Crippen LogP contribution in [0.5, 0.6) is 0 Å². The van der Waals surface area contributed by atoms with Gasteiger partial charge < -0.3 is 0 Å². The van der Waals surface area contributed by atoms with Crippen molar-refractivity contribution in [1.82, 2.24) is 9.55 Å². The highest BCUT2D eigenvalue weighted by molar-refractivity contribution is 7.99. The van der Waals surface area contributed by atoms with E-state index in [0.717, 1.165) is 11.3 Å². The highest BCUT2D eigenvalue weighted by Crippen LogP contribution is 2.47. The lowest BCUT2D eigenvalue weighted by Gasteiger charge is -2.22. The van der Waals surface area contributed by atoms with Crippen LogP contribution in [0.25, 0.3) is 60.5 Å². The van der Waals surface area contributed by atoms with E-state index in [4.69, 9.17) is 4.98 Å². The third-order valence-electron chi connectivity index (χ3n) is 7.51. The third-order valence-corrected chi connectivity index (χ3v) is 8.61. The van der Waals surface area contributed by atoms with Gasteiger partial charge in [-0.2, -0.15) is 0 Å². The monoisotopic (exact) mass is 490 g/mol. The zero-order valence-electron chi connectivity index (χ0n) is 20.3. The number of hydrogen-bond acceptors (Lipinski definition) is 2. The van der Waals surface area contributed by atoms with E-state index in [9.17, 15) is 0 Å². The first-order chi connectivity index (χ1) is 18.3. The zero-order chi connectivity index (χ0) is 24.5. The van der Waals surface area contributed by atoms with Gasteiger partial charge in [-0.1, -0.05) is 103 Å². The van der Waals surface area contributed by atoms with Crippen molar-refractivity contribution >= 4 is 44.3 Å². The van der Waals surface area contributed by atoms with E-state index in [1.807, 2.05) is 11.8 Å². The van der Waals surface area contributed by atoms with Gasteiger partial charge in [0, 0.05) is 9.79 Å². The van der Waals surface area contributed by atoms with E-state index in [0.29, 0.717) is 0 Å². The van der Waals surface area contributed by atoms with Crippen LogP contribution in [-0.2, 0) is 0 Å². The second-order valence-electron chi connectivity index (χ2n) is 9.61. The fourth-order valence-electron chi connectivity index (χ4n) is 6.00. The zero-order valence-corrected chi connectivity index (χ0v) is 21.1. The maximum atomic E-state index is 4.83. The molecule has 0 amide bonds. The SMILES string of the molecule is Cc1nc2cccc3c2n1-c1ccc(-c2c4ccccc4c(-c4ccccc4)c4ccccc24)cc1S3. The van der Waals surface area contributed by atoms with E-state index in [2.05, 4.69) is 127 Å². The van der Waals surface area contributed by atoms with Crippen molar-refractivity contribution in [2.75, 3.05) is 0 Å². The molecule has 0 saturated carbocycles. The number of imidazole rings is 1. The number of aryl methyl sites for hydroxylation is 1. The maximum Gasteiger partial charge on any atom is 0.111 e. The van der Waals surface area contributed by atoms with E-state index in [1.165, 1.54) is 64.8 Å². The molecule has 6 aromatic carbocycles. The van der Waals surface area contributed by atoms with E-state index >= 15 is 0 Å². The first-order valence-electron chi connectivity index (χ1n) is 12.6. The molecule has 1 aliphatic rings. The molecule has 7 aromatic rings. The number of para-hydroxylation sites is 1. The Morgan fingerprint density at radius 2 is 1.19 bits per heavy atom. The van der Waals surface area contributed by atoms with E-state index in [1.54, 1.807) is 0 Å². The first kappa shape index (κ1) is 20.8. The molecule has 2 nitrogen and oxygen atoms in total. The summed E-state index contributed by atoms with van der Waals surface area (Å²) in [5.41, 5.74) is 8.57. The van der Waals surface area contributed by atoms with Crippen LogP contribution >= 0.6 is 11.8 Å². The lowest BCUT2D eigenvalue weighted by molar-refractivity contribution is 0.963. The highest BCUT2D eigenvalue weighted by Gasteiger charge is 2.23. The molecule has 0 N–H and O–H groups in total. The summed E-state index contributed by atoms with van der Waals surface area (Å²) in [5, 5.41) is 5.13. The number of aromatic nitrogens is 2. The van der Waals surface area contributed by atoms with Crippen molar-refractivity contribution < 1.29 is 0 Å². The molecule has 0 unspecified atom stereocenters. The summed E-state index contributed by atoms with van der Waals surface area (Å²) in [6.45, 7) is 2.10. The van der Waals surface area contributed by atoms with Gasteiger partial charge in [0.05, 0.1) is 16.7 Å². The molecule has 0 radical (unpaired) electrons. The highest BCUT2D eigenvalue weighted by atomic mass is 32.2. The lowest BCUT2D eigenvalue weighted by atomic mass is 9.86. The van der Waals surface area contributed by atoms with Gasteiger partial charge in [0.25, 0.3) is 0 Å². The minimum absolute atomic E-state index is 1.03. The van der Waals surface area contributed by atoms with Crippen molar-refractivity contribution in [3.63, 3.8) is 0 Å². The third kappa shape index (κ3) is 2.98. The fourth-order valence-corrected chi connectivity index (χ4v) is 7.12. The normalized spacial score (nSPS) is 12.4. The molecule has 0 saturated heterocycles. The Hall–Kier alpha value is -4.34. The van der Waals surface area contributed by atoms with E-state index < -0.39 is 0 Å². The molecule has 37 heavy (non-hydrogen) atoms. The van der Waals surface area contributed by atoms with E-state index in [-0.39, 0.29) is 0 Å². The molecule has 1 aliphatic heterocycles. The summed E-state index contributed by atoms with van der Waals surface area (Å²) in [6.07, 6.45) is 0. The Morgan fingerprint density at radius 1 is 0.568 bits per heavy atom. The van der Waals surface area contributed by atoms with Gasteiger partial charge in [0.15, 0.2) is 0 Å². The molecule has 8 rings (SSSR count). The maximum absolute atomic E-state index is 4.83. The molecule has 0 aliphatic carbocycles. The Bertz CT molecular complexity index is 1960. The van der Waals surface area contributed by atoms with Crippen molar-refractivity contribution in [3.05, 3.63) is 121 Å². The minimum atomic E-state index is 1.03. The largest absolute Gasteiger partial charge is 0.294 e. The van der Waals surface area contributed by atoms with Gasteiger partial charge in [0.2, 0.25) is 0 Å². The Kier molecular flexibility index (Phi) is 4.40. The number of fused-ring (bicyclic) bond motifs is 4. The minimum Gasteiger partial charge on any atom is -0.294 e. The summed E-state index contributed by atoms with van der Waals surface area (Å²) in [4.78, 5) is 7.36. The van der Waals surface area contributed by atoms with Gasteiger partial charge in [-0.15, -0.1) is 0 Å². The van der Waals surface area contributed by atoms with Crippen LogP contribution in [0.1, 0.15) is 5.82 Å². The van der Waals surface area contributed by atoms with Crippen LogP contribution in [0.2, 0.25) is 0 Å². The second kappa shape index (κ2) is 7.83. The molecule has 174 valence electrons. The predicted octanol–water partition coefficient (Wildman–Crippen LogP) is 9.44. The molecular weight excluding hydrogens is 468 g/mol. The quantitative estimate of drug-likeness (QED) is 0.225. The van der Waals surface area contributed by atoms with Crippen molar-refractivity contribution in [2.45, 2.75) is 16.7 Å². The second-order valence-corrected chi connectivity index (χ2v) is 10.7. The van der Waals surface area contributed by atoms with Crippen LogP contribution in [0.4, 0.5) is 0 Å². The smallest absolute Gasteiger partial charge is 0.111 e. The number of benzene rings is 6. The molecule has 2 heterocycles. The Balaban J connectivity index is 1.44. The molecule has 0 bridgehead atoms. The van der Waals surface area contributed by atoms with Crippen LogP contribution in [0, 0.1) is 6.92 Å². The van der Waals surface area contributed by atoms with Gasteiger partial charge in [-0.25, -0.2) is 4.98 Å². The predicted molar refractivity (Wildman–Crippen MR) is 156 cm³/mol. The van der Waals surface area contributed by atoms with Crippen LogP contribution < -0.4 is 0 Å². The summed E-state index contributed by atoms with van der Waals surface area (Å²) in [6, 6.07) is 41.8. The molecule has 0 atom stereocenters. The van der Waals surface area contributed by atoms with Crippen molar-refractivity contribution in [3.8, 4) is 27.9 Å². The topological polar surface area (TPSA) is 17.8 Å². The molecule has 0 fully saturated rings. The fraction of sp³-hybridized carbons (Fsp3) is 0.0294. The standard InChI is InChI=1S/C34H22N2S/c1-21-35-28-16-9-17-30-34(28)36(21)29-19-18-23(20-31(29)37-30)33-26-14-7-5-12-24(26)32(22-10-3-2-4-11-22)25-13-6-8-15-27(25)33/h2-20H,1H3. The van der Waals surface area contributed by atoms with Crippen molar-refractivity contribution in [2.24, 2.45) is 0 Å². The summed E-state index contributed by atoms with van der Waals surface area (Å²) in [7, 11) is 0. The van der Waals surface area contributed by atoms with Crippen LogP contribution in [0.3, 0.4) is 0 Å².